The zero-order valence-electron chi connectivity index (χ0n) is 10.9. The van der Waals surface area contributed by atoms with Crippen molar-refractivity contribution in [2.45, 2.75) is 19.9 Å². The van der Waals surface area contributed by atoms with Crippen molar-refractivity contribution in [1.82, 2.24) is 5.32 Å². The van der Waals surface area contributed by atoms with E-state index in [4.69, 9.17) is 9.84 Å². The van der Waals surface area contributed by atoms with E-state index in [9.17, 15) is 4.79 Å². The molecule has 0 aromatic heterocycles. The lowest BCUT2D eigenvalue weighted by molar-refractivity contribution is -0.132. The van der Waals surface area contributed by atoms with Crippen LogP contribution in [0, 0.1) is 0 Å². The number of hydrogen-bond donors (Lipinski definition) is 2. The van der Waals surface area contributed by atoms with Gasteiger partial charge in [0.2, 0.25) is 0 Å². The molecule has 0 radical (unpaired) electrons. The van der Waals surface area contributed by atoms with Gasteiger partial charge in [0.1, 0.15) is 5.75 Å². The van der Waals surface area contributed by atoms with Crippen molar-refractivity contribution in [2.75, 3.05) is 13.7 Å². The Bertz CT molecular complexity index is 440. The summed E-state index contributed by atoms with van der Waals surface area (Å²) in [6, 6.07) is 7.87. The van der Waals surface area contributed by atoms with Gasteiger partial charge in [-0.3, -0.25) is 0 Å². The second-order valence-electron chi connectivity index (χ2n) is 4.06. The normalized spacial score (nSPS) is 13.2. The van der Waals surface area contributed by atoms with Crippen LogP contribution in [0.25, 0.3) is 0 Å². The van der Waals surface area contributed by atoms with Crippen molar-refractivity contribution < 1.29 is 14.6 Å². The van der Waals surface area contributed by atoms with Gasteiger partial charge in [-0.05, 0) is 19.9 Å². The maximum Gasteiger partial charge on any atom is 0.330 e. The summed E-state index contributed by atoms with van der Waals surface area (Å²) in [7, 11) is 1.64. The van der Waals surface area contributed by atoms with Gasteiger partial charge in [0, 0.05) is 23.7 Å². The van der Waals surface area contributed by atoms with Crippen molar-refractivity contribution in [3.05, 3.63) is 41.5 Å². The number of rotatable bonds is 6. The number of carboxylic acids is 1. The Balaban J connectivity index is 2.63. The summed E-state index contributed by atoms with van der Waals surface area (Å²) < 4.78 is 5.28. The third-order valence-electron chi connectivity index (χ3n) is 2.78. The number of benzene rings is 1. The lowest BCUT2D eigenvalue weighted by Gasteiger charge is -2.16. The minimum atomic E-state index is -0.887. The van der Waals surface area contributed by atoms with Crippen molar-refractivity contribution in [3.8, 4) is 5.75 Å². The van der Waals surface area contributed by atoms with Crippen LogP contribution in [0.2, 0.25) is 0 Å². The maximum absolute atomic E-state index is 10.6. The number of para-hydroxylation sites is 1. The first-order chi connectivity index (χ1) is 8.56. The third kappa shape index (κ3) is 3.89. The largest absolute Gasteiger partial charge is 0.496 e. The molecule has 4 nitrogen and oxygen atoms in total. The number of carboxylic acid groups (broad SMARTS) is 1. The van der Waals surface area contributed by atoms with Crippen molar-refractivity contribution in [1.29, 1.82) is 0 Å². The van der Waals surface area contributed by atoms with Crippen molar-refractivity contribution in [3.63, 3.8) is 0 Å². The predicted octanol–water partition coefficient (Wildman–Crippen LogP) is 2.38. The van der Waals surface area contributed by atoms with E-state index in [0.717, 1.165) is 11.3 Å². The third-order valence-corrected chi connectivity index (χ3v) is 2.78. The Labute approximate surface area is 107 Å². The fraction of sp³-hybridized carbons (Fsp3) is 0.357. The molecule has 1 atom stereocenters. The summed E-state index contributed by atoms with van der Waals surface area (Å²) in [4.78, 5) is 10.6. The Morgan fingerprint density at radius 3 is 2.78 bits per heavy atom. The molecule has 0 aliphatic rings. The Hall–Kier alpha value is -1.81. The molecule has 2 N–H and O–H groups in total. The van der Waals surface area contributed by atoms with Gasteiger partial charge in [-0.15, -0.1) is 0 Å². The molecule has 1 aromatic carbocycles. The number of methoxy groups -OCH3 is 1. The Kier molecular flexibility index (Phi) is 5.39. The second-order valence-corrected chi connectivity index (χ2v) is 4.06. The van der Waals surface area contributed by atoms with E-state index in [-0.39, 0.29) is 6.04 Å². The summed E-state index contributed by atoms with van der Waals surface area (Å²) in [6.45, 7) is 4.11. The van der Waals surface area contributed by atoms with Crippen LogP contribution in [0.3, 0.4) is 0 Å². The van der Waals surface area contributed by atoms with Gasteiger partial charge in [0.15, 0.2) is 0 Å². The minimum Gasteiger partial charge on any atom is -0.496 e. The second kappa shape index (κ2) is 6.81. The highest BCUT2D eigenvalue weighted by Gasteiger charge is 2.09. The zero-order chi connectivity index (χ0) is 13.5. The van der Waals surface area contributed by atoms with Crippen LogP contribution in [0.5, 0.6) is 5.75 Å². The summed E-state index contributed by atoms with van der Waals surface area (Å²) in [6.07, 6.45) is 1.66. The van der Waals surface area contributed by atoms with Gasteiger partial charge in [0.05, 0.1) is 7.11 Å². The van der Waals surface area contributed by atoms with Crippen LogP contribution in [-0.4, -0.2) is 24.7 Å². The molecule has 98 valence electrons. The fourth-order valence-corrected chi connectivity index (χ4v) is 1.61. The Morgan fingerprint density at radius 2 is 2.17 bits per heavy atom. The molecule has 1 rings (SSSR count). The molecule has 0 heterocycles. The molecule has 0 aliphatic heterocycles. The fourth-order valence-electron chi connectivity index (χ4n) is 1.61. The molecule has 18 heavy (non-hydrogen) atoms. The van der Waals surface area contributed by atoms with E-state index in [1.165, 1.54) is 0 Å². The molecule has 0 spiro atoms. The quantitative estimate of drug-likeness (QED) is 0.760. The molecule has 0 bridgehead atoms. The van der Waals surface area contributed by atoms with Crippen LogP contribution in [0.1, 0.15) is 25.5 Å². The summed E-state index contributed by atoms with van der Waals surface area (Å²) >= 11 is 0. The van der Waals surface area contributed by atoms with Gasteiger partial charge >= 0.3 is 5.97 Å². The van der Waals surface area contributed by atoms with Gasteiger partial charge in [0.25, 0.3) is 0 Å². The summed E-state index contributed by atoms with van der Waals surface area (Å²) in [5.41, 5.74) is 1.40. The molecule has 0 saturated heterocycles. The molecule has 0 fully saturated rings. The number of ether oxygens (including phenoxy) is 1. The van der Waals surface area contributed by atoms with Gasteiger partial charge < -0.3 is 15.2 Å². The molecule has 1 aromatic rings. The van der Waals surface area contributed by atoms with Gasteiger partial charge in [-0.1, -0.05) is 24.3 Å². The lowest BCUT2D eigenvalue weighted by Crippen LogP contribution is -2.19. The smallest absolute Gasteiger partial charge is 0.330 e. The van der Waals surface area contributed by atoms with E-state index >= 15 is 0 Å². The molecular weight excluding hydrogens is 230 g/mol. The monoisotopic (exact) mass is 249 g/mol. The molecule has 0 amide bonds. The highest BCUT2D eigenvalue weighted by atomic mass is 16.5. The molecular formula is C14H19NO3. The minimum absolute atomic E-state index is 0.0963. The standard InChI is InChI=1S/C14H19NO3/c1-10(14(16)17)8-9-15-11(2)12-6-4-5-7-13(12)18-3/h4-8,11,15H,9H2,1-3H3,(H,16,17)/b10-8-/t11-/m0/s1. The van der Waals surface area contributed by atoms with E-state index in [0.29, 0.717) is 12.1 Å². The van der Waals surface area contributed by atoms with Crippen LogP contribution >= 0.6 is 0 Å². The highest BCUT2D eigenvalue weighted by Crippen LogP contribution is 2.23. The maximum atomic E-state index is 10.6. The van der Waals surface area contributed by atoms with Gasteiger partial charge in [-0.2, -0.15) is 0 Å². The van der Waals surface area contributed by atoms with E-state index in [2.05, 4.69) is 5.32 Å². The van der Waals surface area contributed by atoms with E-state index in [1.807, 2.05) is 31.2 Å². The van der Waals surface area contributed by atoms with E-state index < -0.39 is 5.97 Å². The SMILES string of the molecule is COc1ccccc1[C@H](C)NC/C=C(/C)C(=O)O. The zero-order valence-corrected chi connectivity index (χ0v) is 10.9. The summed E-state index contributed by atoms with van der Waals surface area (Å²) in [5, 5.41) is 12.0. The number of aliphatic carboxylic acids is 1. The topological polar surface area (TPSA) is 58.6 Å². The van der Waals surface area contributed by atoms with Crippen LogP contribution in [0.15, 0.2) is 35.9 Å². The highest BCUT2D eigenvalue weighted by molar-refractivity contribution is 5.85. The van der Waals surface area contributed by atoms with Crippen LogP contribution in [0.4, 0.5) is 0 Å². The Morgan fingerprint density at radius 1 is 1.50 bits per heavy atom. The summed E-state index contributed by atoms with van der Waals surface area (Å²) in [5.74, 6) is -0.0572. The van der Waals surface area contributed by atoms with Crippen LogP contribution in [-0.2, 0) is 4.79 Å². The first-order valence-corrected chi connectivity index (χ1v) is 5.82. The van der Waals surface area contributed by atoms with E-state index in [1.54, 1.807) is 20.1 Å². The number of nitrogens with one attached hydrogen (secondary N) is 1. The molecule has 0 unspecified atom stereocenters. The van der Waals surface area contributed by atoms with Crippen LogP contribution < -0.4 is 10.1 Å². The first-order valence-electron chi connectivity index (χ1n) is 5.82. The molecule has 0 aliphatic carbocycles. The predicted molar refractivity (Wildman–Crippen MR) is 70.8 cm³/mol. The average molecular weight is 249 g/mol. The lowest BCUT2D eigenvalue weighted by atomic mass is 10.1. The number of hydrogen-bond acceptors (Lipinski definition) is 3. The number of carbonyl (C=O) groups is 1. The van der Waals surface area contributed by atoms with Crippen molar-refractivity contribution >= 4 is 5.97 Å². The molecule has 4 heteroatoms. The first kappa shape index (κ1) is 14.3. The molecule has 0 saturated carbocycles. The van der Waals surface area contributed by atoms with Gasteiger partial charge in [-0.25, -0.2) is 4.79 Å². The van der Waals surface area contributed by atoms with Crippen molar-refractivity contribution in [2.24, 2.45) is 0 Å². The average Bonchev–Trinajstić information content (AvgIpc) is 2.38.